The Labute approximate surface area is 231 Å². The summed E-state index contributed by atoms with van der Waals surface area (Å²) in [6.45, 7) is 4.52. The van der Waals surface area contributed by atoms with Crippen LogP contribution in [0.15, 0.2) is 34.1 Å². The molecule has 4 rings (SSSR count). The SMILES string of the molecule is COCCC(C)(C)S(=O)(=O)c1cc[nH]c(=O)c1[C@H](CC1CCOCC1)C(=O)Nc1nc2ccc(OC)nc2s1. The van der Waals surface area contributed by atoms with Crippen molar-refractivity contribution in [1.29, 1.82) is 0 Å². The molecule has 0 aliphatic carbocycles. The maximum Gasteiger partial charge on any atom is 0.253 e. The fourth-order valence-electron chi connectivity index (χ4n) is 4.65. The van der Waals surface area contributed by atoms with Crippen LogP contribution in [0.1, 0.15) is 51.0 Å². The number of amides is 1. The molecule has 212 valence electrons. The zero-order chi connectivity index (χ0) is 28.2. The number of pyridine rings is 2. The number of rotatable bonds is 11. The number of thiazole rings is 1. The standard InChI is InChI=1S/C26H34N4O7S2/c1-26(2,10-14-35-3)39(33,34)19-7-11-27-23(32)21(19)17(15-16-8-12-37-13-9-16)22(31)30-25-28-18-5-6-20(36-4)29-24(18)38-25/h5-7,11,16-17H,8-10,12-15H2,1-4H3,(H,27,32)(H,28,30,31)/t17-/m0/s1. The van der Waals surface area contributed by atoms with E-state index in [9.17, 15) is 18.0 Å². The average molecular weight is 579 g/mol. The van der Waals surface area contributed by atoms with Crippen molar-refractivity contribution in [3.63, 3.8) is 0 Å². The molecule has 0 bridgehead atoms. The predicted molar refractivity (Wildman–Crippen MR) is 148 cm³/mol. The molecule has 3 aromatic rings. The number of carbonyl (C=O) groups is 1. The van der Waals surface area contributed by atoms with E-state index in [0.717, 1.165) is 0 Å². The van der Waals surface area contributed by atoms with Crippen molar-refractivity contribution < 1.29 is 27.4 Å². The lowest BCUT2D eigenvalue weighted by Gasteiger charge is -2.29. The molecule has 1 fully saturated rings. The van der Waals surface area contributed by atoms with E-state index in [1.807, 2.05) is 0 Å². The van der Waals surface area contributed by atoms with Gasteiger partial charge in [-0.05, 0) is 57.6 Å². The molecule has 1 aliphatic rings. The van der Waals surface area contributed by atoms with Crippen LogP contribution in [0.3, 0.4) is 0 Å². The maximum atomic E-state index is 13.9. The lowest BCUT2D eigenvalue weighted by molar-refractivity contribution is -0.118. The number of anilines is 1. The van der Waals surface area contributed by atoms with Crippen LogP contribution in [-0.2, 0) is 24.1 Å². The molecule has 0 radical (unpaired) electrons. The second-order valence-corrected chi connectivity index (χ2v) is 13.7. The van der Waals surface area contributed by atoms with Gasteiger partial charge in [0, 0.05) is 44.8 Å². The van der Waals surface area contributed by atoms with E-state index in [1.165, 1.54) is 37.8 Å². The second-order valence-electron chi connectivity index (χ2n) is 10.1. The molecule has 1 aliphatic heterocycles. The number of ether oxygens (including phenoxy) is 3. The highest BCUT2D eigenvalue weighted by Gasteiger charge is 2.41. The summed E-state index contributed by atoms with van der Waals surface area (Å²) in [5.41, 5.74) is -0.0905. The summed E-state index contributed by atoms with van der Waals surface area (Å²) in [7, 11) is -1.01. The highest BCUT2D eigenvalue weighted by atomic mass is 32.2. The smallest absolute Gasteiger partial charge is 0.253 e. The molecule has 13 heteroatoms. The van der Waals surface area contributed by atoms with Gasteiger partial charge >= 0.3 is 0 Å². The molecule has 1 amide bonds. The number of carbonyl (C=O) groups excluding carboxylic acids is 1. The minimum atomic E-state index is -4.03. The van der Waals surface area contributed by atoms with Gasteiger partial charge in [-0.3, -0.25) is 9.59 Å². The first-order chi connectivity index (χ1) is 18.6. The fourth-order valence-corrected chi connectivity index (χ4v) is 7.20. The molecule has 4 heterocycles. The first-order valence-electron chi connectivity index (χ1n) is 12.7. The number of aromatic amines is 1. The summed E-state index contributed by atoms with van der Waals surface area (Å²) in [6.07, 6.45) is 3.24. The van der Waals surface area contributed by atoms with Crippen LogP contribution in [0.25, 0.3) is 10.3 Å². The van der Waals surface area contributed by atoms with Crippen molar-refractivity contribution in [2.75, 3.05) is 39.4 Å². The lowest BCUT2D eigenvalue weighted by Crippen LogP contribution is -2.37. The first kappa shape index (κ1) is 29.1. The zero-order valence-corrected chi connectivity index (χ0v) is 24.1. The Morgan fingerprint density at radius 2 is 1.97 bits per heavy atom. The molecule has 1 atom stereocenters. The van der Waals surface area contributed by atoms with Gasteiger partial charge in [0.05, 0.1) is 22.7 Å². The fraction of sp³-hybridized carbons (Fsp3) is 0.538. The number of nitrogens with zero attached hydrogens (tertiary/aromatic N) is 2. The van der Waals surface area contributed by atoms with Gasteiger partial charge in [-0.25, -0.2) is 18.4 Å². The number of sulfone groups is 1. The van der Waals surface area contributed by atoms with Crippen molar-refractivity contribution in [2.24, 2.45) is 5.92 Å². The minimum Gasteiger partial charge on any atom is -0.481 e. The van der Waals surface area contributed by atoms with Crippen LogP contribution in [0.4, 0.5) is 5.13 Å². The summed E-state index contributed by atoms with van der Waals surface area (Å²) in [4.78, 5) is 39.0. The number of H-pyrrole nitrogens is 1. The molecular weight excluding hydrogens is 544 g/mol. The van der Waals surface area contributed by atoms with Gasteiger partial charge < -0.3 is 24.5 Å². The van der Waals surface area contributed by atoms with Crippen LogP contribution >= 0.6 is 11.3 Å². The van der Waals surface area contributed by atoms with Gasteiger partial charge in [-0.2, -0.15) is 0 Å². The average Bonchev–Trinajstić information content (AvgIpc) is 3.32. The van der Waals surface area contributed by atoms with Crippen molar-refractivity contribution in [3.8, 4) is 5.88 Å². The molecule has 1 saturated heterocycles. The van der Waals surface area contributed by atoms with Gasteiger partial charge in [0.2, 0.25) is 11.8 Å². The lowest BCUT2D eigenvalue weighted by atomic mass is 9.85. The molecule has 0 spiro atoms. The van der Waals surface area contributed by atoms with E-state index < -0.39 is 32.0 Å². The van der Waals surface area contributed by atoms with Gasteiger partial charge in [0.1, 0.15) is 10.3 Å². The number of hydrogen-bond donors (Lipinski definition) is 2. The number of methoxy groups -OCH3 is 2. The van der Waals surface area contributed by atoms with Crippen molar-refractivity contribution >= 4 is 42.6 Å². The Morgan fingerprint density at radius 1 is 1.23 bits per heavy atom. The quantitative estimate of drug-likeness (QED) is 0.348. The molecule has 11 nitrogen and oxygen atoms in total. The van der Waals surface area contributed by atoms with E-state index in [2.05, 4.69) is 20.3 Å². The number of aromatic nitrogens is 3. The molecule has 2 N–H and O–H groups in total. The van der Waals surface area contributed by atoms with E-state index in [4.69, 9.17) is 14.2 Å². The van der Waals surface area contributed by atoms with Gasteiger partial charge in [-0.15, -0.1) is 0 Å². The van der Waals surface area contributed by atoms with Crippen molar-refractivity contribution in [3.05, 3.63) is 40.3 Å². The van der Waals surface area contributed by atoms with Crippen LogP contribution < -0.4 is 15.6 Å². The van der Waals surface area contributed by atoms with Crippen molar-refractivity contribution in [1.82, 2.24) is 15.0 Å². The normalized spacial score (nSPS) is 15.8. The van der Waals surface area contributed by atoms with E-state index in [1.54, 1.807) is 26.0 Å². The van der Waals surface area contributed by atoms with Gasteiger partial charge in [-0.1, -0.05) is 11.3 Å². The van der Waals surface area contributed by atoms with E-state index in [0.29, 0.717) is 53.8 Å². The Kier molecular flexibility index (Phi) is 9.04. The topological polar surface area (TPSA) is 150 Å². The predicted octanol–water partition coefficient (Wildman–Crippen LogP) is 3.52. The van der Waals surface area contributed by atoms with E-state index >= 15 is 0 Å². The van der Waals surface area contributed by atoms with Gasteiger partial charge in [0.15, 0.2) is 15.0 Å². The third-order valence-electron chi connectivity index (χ3n) is 7.13. The summed E-state index contributed by atoms with van der Waals surface area (Å²) in [6, 6.07) is 4.79. The molecule has 3 aromatic heterocycles. The molecule has 0 aromatic carbocycles. The van der Waals surface area contributed by atoms with Crippen LogP contribution in [0, 0.1) is 5.92 Å². The Morgan fingerprint density at radius 3 is 2.67 bits per heavy atom. The van der Waals surface area contributed by atoms with Crippen molar-refractivity contribution in [2.45, 2.75) is 55.1 Å². The molecule has 0 saturated carbocycles. The number of fused-ring (bicyclic) bond motifs is 1. The van der Waals surface area contributed by atoms with E-state index in [-0.39, 0.29) is 29.4 Å². The first-order valence-corrected chi connectivity index (χ1v) is 15.0. The summed E-state index contributed by atoms with van der Waals surface area (Å²) < 4.78 is 42.3. The molecular formula is C26H34N4O7S2. The second kappa shape index (κ2) is 12.1. The van der Waals surface area contributed by atoms with Crippen LogP contribution in [0.2, 0.25) is 0 Å². The van der Waals surface area contributed by atoms with Crippen LogP contribution in [-0.4, -0.2) is 68.1 Å². The largest absolute Gasteiger partial charge is 0.481 e. The zero-order valence-electron chi connectivity index (χ0n) is 22.5. The van der Waals surface area contributed by atoms with Gasteiger partial charge in [0.25, 0.3) is 5.56 Å². The molecule has 39 heavy (non-hydrogen) atoms. The monoisotopic (exact) mass is 578 g/mol. The summed E-state index contributed by atoms with van der Waals surface area (Å²) in [5.74, 6) is -1.04. The summed E-state index contributed by atoms with van der Waals surface area (Å²) >= 11 is 1.17. The third-order valence-corrected chi connectivity index (χ3v) is 10.6. The summed E-state index contributed by atoms with van der Waals surface area (Å²) in [5, 5.41) is 3.12. The highest BCUT2D eigenvalue weighted by Crippen LogP contribution is 2.37. The number of hydrogen-bond acceptors (Lipinski definition) is 10. The number of nitrogens with one attached hydrogen (secondary N) is 2. The minimum absolute atomic E-state index is 0.0621. The van der Waals surface area contributed by atoms with Crippen LogP contribution in [0.5, 0.6) is 5.88 Å². The Hall–Kier alpha value is -2.87. The Bertz CT molecular complexity index is 1480. The Balaban J connectivity index is 1.76. The highest BCUT2D eigenvalue weighted by molar-refractivity contribution is 7.92. The maximum absolute atomic E-state index is 13.9. The third kappa shape index (κ3) is 6.32. The molecule has 0 unspecified atom stereocenters.